The molecule has 0 radical (unpaired) electrons. The van der Waals surface area contributed by atoms with Crippen molar-refractivity contribution in [1.29, 1.82) is 0 Å². The minimum Gasteiger partial charge on any atom is -0.507 e. The third-order valence-corrected chi connectivity index (χ3v) is 4.48. The quantitative estimate of drug-likeness (QED) is 0.411. The van der Waals surface area contributed by atoms with Gasteiger partial charge in [-0.25, -0.2) is 0 Å². The zero-order valence-corrected chi connectivity index (χ0v) is 15.1. The van der Waals surface area contributed by atoms with E-state index in [0.29, 0.717) is 4.47 Å². The van der Waals surface area contributed by atoms with Crippen molar-refractivity contribution in [2.75, 3.05) is 7.11 Å². The summed E-state index contributed by atoms with van der Waals surface area (Å²) in [5.41, 5.74) is 1.91. The molecule has 23 heavy (non-hydrogen) atoms. The van der Waals surface area contributed by atoms with E-state index in [9.17, 15) is 5.11 Å². The van der Waals surface area contributed by atoms with Crippen LogP contribution in [0.4, 0.5) is 0 Å². The summed E-state index contributed by atoms with van der Waals surface area (Å²) in [5, 5.41) is 24.6. The summed E-state index contributed by atoms with van der Waals surface area (Å²) in [7, 11) is 1.64. The Morgan fingerprint density at radius 2 is 1.48 bits per heavy atom. The monoisotopic (exact) mass is 438 g/mol. The van der Waals surface area contributed by atoms with E-state index in [1.807, 2.05) is 12.1 Å². The second-order valence-corrected chi connectivity index (χ2v) is 6.41. The van der Waals surface area contributed by atoms with Gasteiger partial charge in [0.1, 0.15) is 11.5 Å². The Hall–Kier alpha value is -2.06. The first-order chi connectivity index (χ1) is 11.1. The fourth-order valence-corrected chi connectivity index (χ4v) is 2.90. The zero-order valence-electron chi connectivity index (χ0n) is 12.0. The van der Waals surface area contributed by atoms with E-state index in [4.69, 9.17) is 4.74 Å². The van der Waals surface area contributed by atoms with Crippen LogP contribution in [0.5, 0.6) is 11.5 Å². The highest BCUT2D eigenvalue weighted by Gasteiger charge is 2.03. The van der Waals surface area contributed by atoms with Gasteiger partial charge in [-0.15, -0.1) is 0 Å². The van der Waals surface area contributed by atoms with Gasteiger partial charge in [0.15, 0.2) is 0 Å². The molecule has 0 spiro atoms. The van der Waals surface area contributed by atoms with E-state index in [-0.39, 0.29) is 5.75 Å². The second kappa shape index (κ2) is 6.59. The number of H-pyrrole nitrogens is 2. The van der Waals surface area contributed by atoms with Gasteiger partial charge in [-0.1, -0.05) is 0 Å². The fraction of sp³-hybridized carbons (Fsp3) is 0.0667. The third kappa shape index (κ3) is 3.32. The lowest BCUT2D eigenvalue weighted by Crippen LogP contribution is -1.83. The maximum atomic E-state index is 9.25. The van der Waals surface area contributed by atoms with Gasteiger partial charge in [0.05, 0.1) is 39.5 Å². The smallest absolute Gasteiger partial charge is 0.133 e. The molecule has 0 amide bonds. The van der Waals surface area contributed by atoms with Crippen molar-refractivity contribution < 1.29 is 9.84 Å². The van der Waals surface area contributed by atoms with Gasteiger partial charge in [0.2, 0.25) is 0 Å². The van der Waals surface area contributed by atoms with Crippen molar-refractivity contribution >= 4 is 53.7 Å². The topological polar surface area (TPSA) is 86.8 Å². The number of fused-ring (bicyclic) bond motifs is 2. The molecule has 3 N–H and O–H groups in total. The van der Waals surface area contributed by atoms with Crippen molar-refractivity contribution in [1.82, 2.24) is 20.4 Å². The number of halogens is 2. The molecule has 0 aliphatic rings. The summed E-state index contributed by atoms with van der Waals surface area (Å²) in [6.07, 6.45) is 3.44. The summed E-state index contributed by atoms with van der Waals surface area (Å²) in [6, 6.07) is 7.32. The minimum absolute atomic E-state index is 0.235. The molecule has 8 heteroatoms. The number of phenols is 1. The van der Waals surface area contributed by atoms with Gasteiger partial charge in [-0.3, -0.25) is 10.2 Å². The van der Waals surface area contributed by atoms with E-state index in [1.54, 1.807) is 31.6 Å². The molecule has 2 aromatic carbocycles. The first-order valence-corrected chi connectivity index (χ1v) is 8.15. The summed E-state index contributed by atoms with van der Waals surface area (Å²) < 4.78 is 6.74. The average Bonchev–Trinajstić information content (AvgIpc) is 3.16. The van der Waals surface area contributed by atoms with Crippen LogP contribution in [0.1, 0.15) is 0 Å². The maximum absolute atomic E-state index is 9.25. The van der Waals surface area contributed by atoms with Gasteiger partial charge < -0.3 is 9.84 Å². The Kier molecular flexibility index (Phi) is 4.53. The van der Waals surface area contributed by atoms with Crippen molar-refractivity contribution in [3.63, 3.8) is 0 Å². The number of methoxy groups -OCH3 is 1. The second-order valence-electron chi connectivity index (χ2n) is 4.70. The predicted molar refractivity (Wildman–Crippen MR) is 95.8 cm³/mol. The molecule has 0 bridgehead atoms. The molecular formula is C15H12Br2N4O2. The molecule has 0 aliphatic carbocycles. The molecular weight excluding hydrogens is 428 g/mol. The van der Waals surface area contributed by atoms with Gasteiger partial charge in [-0.05, 0) is 56.1 Å². The van der Waals surface area contributed by atoms with E-state index in [2.05, 4.69) is 52.3 Å². The molecule has 2 aromatic heterocycles. The van der Waals surface area contributed by atoms with Crippen LogP contribution in [-0.4, -0.2) is 32.6 Å². The number of phenolic OH excluding ortho intramolecular Hbond substituents is 1. The Morgan fingerprint density at radius 1 is 0.913 bits per heavy atom. The molecule has 0 unspecified atom stereocenters. The Morgan fingerprint density at radius 3 is 2.09 bits per heavy atom. The number of aromatic nitrogens is 4. The van der Waals surface area contributed by atoms with Crippen LogP contribution in [-0.2, 0) is 0 Å². The van der Waals surface area contributed by atoms with Gasteiger partial charge in [0, 0.05) is 10.8 Å². The summed E-state index contributed by atoms with van der Waals surface area (Å²) in [4.78, 5) is 0. The maximum Gasteiger partial charge on any atom is 0.133 e. The first kappa shape index (κ1) is 15.8. The highest BCUT2D eigenvalue weighted by Crippen LogP contribution is 2.29. The zero-order chi connectivity index (χ0) is 16.4. The standard InChI is InChI=1S/C8H7BrN2O.C7H5BrN2O/c1-12-8-2-5-4-10-11-7(5)3-6(8)9;8-5-2-6-4(1-7(5)11)3-9-10-6/h2-4H,1H3,(H,10,11);1-3,11H,(H,9,10). The van der Waals surface area contributed by atoms with Crippen LogP contribution in [0.3, 0.4) is 0 Å². The van der Waals surface area contributed by atoms with Crippen molar-refractivity contribution in [3.05, 3.63) is 45.6 Å². The van der Waals surface area contributed by atoms with Crippen molar-refractivity contribution in [3.8, 4) is 11.5 Å². The number of hydrogen-bond donors (Lipinski definition) is 3. The lowest BCUT2D eigenvalue weighted by molar-refractivity contribution is 0.413. The average molecular weight is 440 g/mol. The lowest BCUT2D eigenvalue weighted by atomic mass is 10.2. The number of aromatic amines is 2. The molecule has 0 saturated carbocycles. The van der Waals surface area contributed by atoms with Crippen molar-refractivity contribution in [2.45, 2.75) is 0 Å². The number of hydrogen-bond acceptors (Lipinski definition) is 4. The molecule has 0 saturated heterocycles. The van der Waals surface area contributed by atoms with E-state index >= 15 is 0 Å². The van der Waals surface area contributed by atoms with E-state index < -0.39 is 0 Å². The van der Waals surface area contributed by atoms with Crippen LogP contribution in [0.25, 0.3) is 21.8 Å². The largest absolute Gasteiger partial charge is 0.507 e. The molecule has 2 heterocycles. The number of rotatable bonds is 1. The molecule has 4 aromatic rings. The number of ether oxygens (including phenoxy) is 1. The lowest BCUT2D eigenvalue weighted by Gasteiger charge is -2.01. The van der Waals surface area contributed by atoms with Gasteiger partial charge >= 0.3 is 0 Å². The number of aromatic hydroxyl groups is 1. The highest BCUT2D eigenvalue weighted by atomic mass is 79.9. The van der Waals surface area contributed by atoms with E-state index in [0.717, 1.165) is 32.0 Å². The third-order valence-electron chi connectivity index (χ3n) is 3.22. The van der Waals surface area contributed by atoms with Crippen LogP contribution in [0, 0.1) is 0 Å². The van der Waals surface area contributed by atoms with Crippen LogP contribution >= 0.6 is 31.9 Å². The molecule has 4 rings (SSSR count). The molecule has 6 nitrogen and oxygen atoms in total. The summed E-state index contributed by atoms with van der Waals surface area (Å²) in [6.45, 7) is 0. The van der Waals surface area contributed by atoms with Gasteiger partial charge in [-0.2, -0.15) is 10.2 Å². The molecule has 118 valence electrons. The Bertz CT molecular complexity index is 929. The molecule has 0 aliphatic heterocycles. The highest BCUT2D eigenvalue weighted by molar-refractivity contribution is 9.10. The number of nitrogens with zero attached hydrogens (tertiary/aromatic N) is 2. The Labute approximate surface area is 148 Å². The molecule has 0 fully saturated rings. The number of nitrogens with one attached hydrogen (secondary N) is 2. The Balaban J connectivity index is 0.000000136. The normalized spacial score (nSPS) is 10.6. The fourth-order valence-electron chi connectivity index (χ4n) is 2.05. The van der Waals surface area contributed by atoms with Crippen LogP contribution < -0.4 is 4.74 Å². The van der Waals surface area contributed by atoms with Crippen molar-refractivity contribution in [2.24, 2.45) is 0 Å². The van der Waals surface area contributed by atoms with Crippen LogP contribution in [0.2, 0.25) is 0 Å². The SMILES string of the molecule is COc1cc2cn[nH]c2cc1Br.Oc1cc2cn[nH]c2cc1Br. The minimum atomic E-state index is 0.235. The summed E-state index contributed by atoms with van der Waals surface area (Å²) >= 11 is 6.59. The summed E-state index contributed by atoms with van der Waals surface area (Å²) in [5.74, 6) is 1.06. The number of benzene rings is 2. The van der Waals surface area contributed by atoms with Crippen LogP contribution in [0.15, 0.2) is 45.6 Å². The predicted octanol–water partition coefficient (Wildman–Crippen LogP) is 4.37. The van der Waals surface area contributed by atoms with Gasteiger partial charge in [0.25, 0.3) is 0 Å². The molecule has 0 atom stereocenters. The first-order valence-electron chi connectivity index (χ1n) is 6.56. The van der Waals surface area contributed by atoms with E-state index in [1.165, 1.54) is 0 Å².